The average molecular weight is 324 g/mol. The van der Waals surface area contributed by atoms with Crippen LogP contribution in [0.2, 0.25) is 0 Å². The van der Waals surface area contributed by atoms with Crippen molar-refractivity contribution in [1.29, 1.82) is 0 Å². The summed E-state index contributed by atoms with van der Waals surface area (Å²) < 4.78 is 1.66. The van der Waals surface area contributed by atoms with Gasteiger partial charge in [-0.15, -0.1) is 5.10 Å². The Balaban J connectivity index is 1.64. The van der Waals surface area contributed by atoms with E-state index in [-0.39, 0.29) is 11.9 Å². The standard InChI is InChI=1S/C18H20N4O2/c1-12(10-17(23)13-6-4-3-5-7-13)19-18(24)14-8-9-16-15(11-14)20-21-22(16)2/h3-9,11-12,17,23H,10H2,1-2H3,(H,19,24)/t12-,17-/m1/s1. The predicted octanol–water partition coefficient (Wildman–Crippen LogP) is 2.21. The fourth-order valence-corrected chi connectivity index (χ4v) is 2.69. The molecule has 0 unspecified atom stereocenters. The summed E-state index contributed by atoms with van der Waals surface area (Å²) >= 11 is 0. The topological polar surface area (TPSA) is 80.0 Å². The maximum atomic E-state index is 12.4. The number of aliphatic hydroxyl groups is 1. The van der Waals surface area contributed by atoms with E-state index < -0.39 is 6.10 Å². The van der Waals surface area contributed by atoms with Crippen molar-refractivity contribution in [3.63, 3.8) is 0 Å². The maximum absolute atomic E-state index is 12.4. The minimum atomic E-state index is -0.607. The van der Waals surface area contributed by atoms with Crippen LogP contribution in [0.3, 0.4) is 0 Å². The monoisotopic (exact) mass is 324 g/mol. The highest BCUT2D eigenvalue weighted by Gasteiger charge is 2.16. The van der Waals surface area contributed by atoms with Gasteiger partial charge in [-0.05, 0) is 37.1 Å². The Morgan fingerprint density at radius 1 is 1.25 bits per heavy atom. The molecule has 0 radical (unpaired) electrons. The second kappa shape index (κ2) is 6.80. The van der Waals surface area contributed by atoms with Gasteiger partial charge in [-0.25, -0.2) is 4.68 Å². The summed E-state index contributed by atoms with van der Waals surface area (Å²) in [5, 5.41) is 21.1. The number of hydrogen-bond donors (Lipinski definition) is 2. The lowest BCUT2D eigenvalue weighted by molar-refractivity contribution is 0.0917. The van der Waals surface area contributed by atoms with Crippen molar-refractivity contribution >= 4 is 16.9 Å². The summed E-state index contributed by atoms with van der Waals surface area (Å²) in [6, 6.07) is 14.6. The molecule has 3 aromatic rings. The predicted molar refractivity (Wildman–Crippen MR) is 91.5 cm³/mol. The first-order chi connectivity index (χ1) is 11.5. The molecule has 0 bridgehead atoms. The third-order valence-electron chi connectivity index (χ3n) is 4.01. The molecule has 0 aliphatic rings. The number of fused-ring (bicyclic) bond motifs is 1. The van der Waals surface area contributed by atoms with Crippen LogP contribution in [0.5, 0.6) is 0 Å². The number of amides is 1. The fraction of sp³-hybridized carbons (Fsp3) is 0.278. The van der Waals surface area contributed by atoms with Gasteiger partial charge in [-0.2, -0.15) is 0 Å². The molecule has 0 spiro atoms. The summed E-state index contributed by atoms with van der Waals surface area (Å²) in [6.07, 6.45) is -0.160. The van der Waals surface area contributed by atoms with Crippen LogP contribution in [0, 0.1) is 0 Å². The highest BCUT2D eigenvalue weighted by Crippen LogP contribution is 2.18. The van der Waals surface area contributed by atoms with Crippen molar-refractivity contribution in [3.05, 3.63) is 59.7 Å². The van der Waals surface area contributed by atoms with Crippen molar-refractivity contribution in [1.82, 2.24) is 20.3 Å². The van der Waals surface area contributed by atoms with Gasteiger partial charge in [-0.3, -0.25) is 4.79 Å². The molecule has 0 saturated heterocycles. The summed E-state index contributed by atoms with van der Waals surface area (Å²) in [5.41, 5.74) is 2.94. The third-order valence-corrected chi connectivity index (χ3v) is 4.01. The van der Waals surface area contributed by atoms with E-state index in [4.69, 9.17) is 0 Å². The number of rotatable bonds is 5. The Kier molecular flexibility index (Phi) is 4.57. The highest BCUT2D eigenvalue weighted by molar-refractivity contribution is 5.97. The number of nitrogens with zero attached hydrogens (tertiary/aromatic N) is 3. The molecular weight excluding hydrogens is 304 g/mol. The van der Waals surface area contributed by atoms with E-state index in [1.807, 2.05) is 50.4 Å². The van der Waals surface area contributed by atoms with E-state index >= 15 is 0 Å². The molecule has 6 nitrogen and oxygen atoms in total. The zero-order chi connectivity index (χ0) is 17.1. The minimum absolute atomic E-state index is 0.162. The zero-order valence-electron chi connectivity index (χ0n) is 13.7. The molecule has 1 heterocycles. The number of aliphatic hydroxyl groups excluding tert-OH is 1. The number of aryl methyl sites for hydroxylation is 1. The lowest BCUT2D eigenvalue weighted by Gasteiger charge is -2.18. The van der Waals surface area contributed by atoms with Gasteiger partial charge in [0, 0.05) is 18.7 Å². The molecule has 0 fully saturated rings. The Bertz CT molecular complexity index is 845. The van der Waals surface area contributed by atoms with Crippen LogP contribution < -0.4 is 5.32 Å². The van der Waals surface area contributed by atoms with Gasteiger partial charge in [-0.1, -0.05) is 35.5 Å². The van der Waals surface area contributed by atoms with E-state index in [2.05, 4.69) is 15.6 Å². The maximum Gasteiger partial charge on any atom is 0.251 e. The molecule has 0 saturated carbocycles. The van der Waals surface area contributed by atoms with Crippen molar-refractivity contribution in [3.8, 4) is 0 Å². The van der Waals surface area contributed by atoms with Crippen molar-refractivity contribution in [2.45, 2.75) is 25.5 Å². The zero-order valence-corrected chi connectivity index (χ0v) is 13.7. The van der Waals surface area contributed by atoms with Crippen molar-refractivity contribution in [2.75, 3.05) is 0 Å². The van der Waals surface area contributed by atoms with Crippen molar-refractivity contribution < 1.29 is 9.90 Å². The molecule has 2 N–H and O–H groups in total. The number of aromatic nitrogens is 3. The molecular formula is C18H20N4O2. The average Bonchev–Trinajstić information content (AvgIpc) is 2.96. The van der Waals surface area contributed by atoms with Gasteiger partial charge >= 0.3 is 0 Å². The number of nitrogens with one attached hydrogen (secondary N) is 1. The second-order valence-corrected chi connectivity index (χ2v) is 5.95. The first-order valence-electron chi connectivity index (χ1n) is 7.88. The minimum Gasteiger partial charge on any atom is -0.388 e. The molecule has 2 aromatic carbocycles. The molecule has 0 aliphatic heterocycles. The van der Waals surface area contributed by atoms with Crippen molar-refractivity contribution in [2.24, 2.45) is 7.05 Å². The molecule has 124 valence electrons. The second-order valence-electron chi connectivity index (χ2n) is 5.95. The van der Waals surface area contributed by atoms with E-state index in [0.29, 0.717) is 17.5 Å². The number of carbonyl (C=O) groups is 1. The summed E-state index contributed by atoms with van der Waals surface area (Å²) in [4.78, 5) is 12.4. The van der Waals surface area contributed by atoms with Gasteiger partial charge in [0.05, 0.1) is 11.6 Å². The number of benzene rings is 2. The third kappa shape index (κ3) is 3.44. The van der Waals surface area contributed by atoms with Gasteiger partial charge in [0.15, 0.2) is 0 Å². The molecule has 1 amide bonds. The van der Waals surface area contributed by atoms with Crippen LogP contribution in [-0.2, 0) is 7.05 Å². The van der Waals surface area contributed by atoms with Crippen LogP contribution in [0.15, 0.2) is 48.5 Å². The van der Waals surface area contributed by atoms with Gasteiger partial charge in [0.1, 0.15) is 5.52 Å². The molecule has 0 aliphatic carbocycles. The van der Waals surface area contributed by atoms with E-state index in [1.54, 1.807) is 16.8 Å². The lowest BCUT2D eigenvalue weighted by Crippen LogP contribution is -2.33. The number of carbonyl (C=O) groups excluding carboxylic acids is 1. The molecule has 3 rings (SSSR count). The van der Waals surface area contributed by atoms with Gasteiger partial charge in [0.2, 0.25) is 0 Å². The van der Waals surface area contributed by atoms with Crippen LogP contribution in [0.1, 0.15) is 35.4 Å². The molecule has 6 heteroatoms. The Morgan fingerprint density at radius 2 is 2.00 bits per heavy atom. The smallest absolute Gasteiger partial charge is 0.251 e. The van der Waals surface area contributed by atoms with Gasteiger partial charge < -0.3 is 10.4 Å². The summed E-state index contributed by atoms with van der Waals surface area (Å²) in [6.45, 7) is 1.88. The first-order valence-corrected chi connectivity index (χ1v) is 7.88. The van der Waals surface area contributed by atoms with E-state index in [1.165, 1.54) is 0 Å². The molecule has 2 atom stereocenters. The lowest BCUT2D eigenvalue weighted by atomic mass is 10.0. The number of hydrogen-bond acceptors (Lipinski definition) is 4. The molecule has 24 heavy (non-hydrogen) atoms. The highest BCUT2D eigenvalue weighted by atomic mass is 16.3. The normalized spacial score (nSPS) is 13.6. The molecule has 1 aromatic heterocycles. The Labute approximate surface area is 140 Å². The fourth-order valence-electron chi connectivity index (χ4n) is 2.69. The largest absolute Gasteiger partial charge is 0.388 e. The quantitative estimate of drug-likeness (QED) is 0.754. The van der Waals surface area contributed by atoms with E-state index in [9.17, 15) is 9.90 Å². The van der Waals surface area contributed by atoms with Crippen LogP contribution in [0.25, 0.3) is 11.0 Å². The first kappa shape index (κ1) is 16.1. The SMILES string of the molecule is C[C@H](C[C@@H](O)c1ccccc1)NC(=O)c1ccc2c(c1)nnn2C. The Morgan fingerprint density at radius 3 is 2.75 bits per heavy atom. The summed E-state index contributed by atoms with van der Waals surface area (Å²) in [7, 11) is 1.81. The van der Waals surface area contributed by atoms with E-state index in [0.717, 1.165) is 11.1 Å². The Hall–Kier alpha value is -2.73. The van der Waals surface area contributed by atoms with Crippen LogP contribution in [0.4, 0.5) is 0 Å². The summed E-state index contributed by atoms with van der Waals surface area (Å²) in [5.74, 6) is -0.185. The van der Waals surface area contributed by atoms with Crippen LogP contribution >= 0.6 is 0 Å². The van der Waals surface area contributed by atoms with Gasteiger partial charge in [0.25, 0.3) is 5.91 Å². The van der Waals surface area contributed by atoms with Crippen LogP contribution in [-0.4, -0.2) is 32.0 Å².